The third-order valence-electron chi connectivity index (χ3n) is 3.16. The van der Waals surface area contributed by atoms with E-state index in [-0.39, 0.29) is 5.41 Å². The molecule has 20 heavy (non-hydrogen) atoms. The highest BCUT2D eigenvalue weighted by atomic mass is 32.1. The molecule has 1 rings (SSSR count). The van der Waals surface area contributed by atoms with Gasteiger partial charge in [0.05, 0.1) is 0 Å². The lowest BCUT2D eigenvalue weighted by molar-refractivity contribution is -0.137. The minimum Gasteiger partial charge on any atom is -0.313 e. The number of nitrogens with zero attached hydrogens (tertiary/aromatic N) is 1. The van der Waals surface area contributed by atoms with Crippen LogP contribution in [-0.4, -0.2) is 17.6 Å². The molecule has 0 aliphatic carbocycles. The standard InChI is InChI=1S/C14H23F3N2S/c1-5-8-18-11(13(2,3)4)7-6-10-9-19-12(20-10)14(15,16)17/h9,11,18H,5-8H2,1-4H3. The SMILES string of the molecule is CCCNC(CCc1cnc(C(F)(F)F)s1)C(C)(C)C. The van der Waals surface area contributed by atoms with Crippen LogP contribution in [0.5, 0.6) is 0 Å². The Morgan fingerprint density at radius 2 is 1.95 bits per heavy atom. The molecule has 2 nitrogen and oxygen atoms in total. The van der Waals surface area contributed by atoms with E-state index in [1.807, 2.05) is 0 Å². The van der Waals surface area contributed by atoms with Crippen molar-refractivity contribution in [2.24, 2.45) is 5.41 Å². The van der Waals surface area contributed by atoms with Gasteiger partial charge in [0.15, 0.2) is 5.01 Å². The summed E-state index contributed by atoms with van der Waals surface area (Å²) in [4.78, 5) is 4.16. The van der Waals surface area contributed by atoms with Crippen LogP contribution < -0.4 is 5.32 Å². The van der Waals surface area contributed by atoms with Crippen molar-refractivity contribution in [2.75, 3.05) is 6.54 Å². The van der Waals surface area contributed by atoms with Crippen molar-refractivity contribution < 1.29 is 13.2 Å². The lowest BCUT2D eigenvalue weighted by Crippen LogP contribution is -2.41. The van der Waals surface area contributed by atoms with Crippen molar-refractivity contribution in [1.29, 1.82) is 0 Å². The van der Waals surface area contributed by atoms with Crippen molar-refractivity contribution in [2.45, 2.75) is 59.2 Å². The van der Waals surface area contributed by atoms with Crippen LogP contribution in [0.25, 0.3) is 0 Å². The maximum atomic E-state index is 12.5. The van der Waals surface area contributed by atoms with Crippen LogP contribution in [-0.2, 0) is 12.6 Å². The van der Waals surface area contributed by atoms with E-state index >= 15 is 0 Å². The largest absolute Gasteiger partial charge is 0.443 e. The molecule has 1 heterocycles. The average Bonchev–Trinajstić information content (AvgIpc) is 2.75. The summed E-state index contributed by atoms with van der Waals surface area (Å²) in [7, 11) is 0. The van der Waals surface area contributed by atoms with Crippen molar-refractivity contribution in [3.05, 3.63) is 16.1 Å². The molecule has 0 saturated carbocycles. The summed E-state index contributed by atoms with van der Waals surface area (Å²) in [6.45, 7) is 9.47. The number of nitrogens with one attached hydrogen (secondary N) is 1. The molecule has 1 unspecified atom stereocenters. The maximum Gasteiger partial charge on any atom is 0.443 e. The molecule has 0 radical (unpaired) electrons. The summed E-state index contributed by atoms with van der Waals surface area (Å²) in [5, 5.41) is 2.73. The lowest BCUT2D eigenvalue weighted by atomic mass is 9.84. The Morgan fingerprint density at radius 1 is 1.30 bits per heavy atom. The molecule has 0 saturated heterocycles. The van der Waals surface area contributed by atoms with Gasteiger partial charge in [-0.25, -0.2) is 4.98 Å². The number of halogens is 3. The molecule has 0 aromatic carbocycles. The van der Waals surface area contributed by atoms with Gasteiger partial charge in [0.1, 0.15) is 0 Å². The number of aryl methyl sites for hydroxylation is 1. The zero-order valence-corrected chi connectivity index (χ0v) is 13.3. The average molecular weight is 308 g/mol. The zero-order valence-electron chi connectivity index (χ0n) is 12.5. The van der Waals surface area contributed by atoms with E-state index in [2.05, 4.69) is 38.0 Å². The molecule has 0 fully saturated rings. The molecule has 6 heteroatoms. The van der Waals surface area contributed by atoms with Crippen LogP contribution in [0, 0.1) is 5.41 Å². The van der Waals surface area contributed by atoms with Gasteiger partial charge in [0, 0.05) is 17.1 Å². The van der Waals surface area contributed by atoms with Crippen molar-refractivity contribution in [1.82, 2.24) is 10.3 Å². The second-order valence-electron chi connectivity index (χ2n) is 6.04. The van der Waals surface area contributed by atoms with E-state index in [0.29, 0.717) is 17.3 Å². The van der Waals surface area contributed by atoms with E-state index in [0.717, 1.165) is 30.7 Å². The Labute approximate surface area is 122 Å². The molecular weight excluding hydrogens is 285 g/mol. The predicted molar refractivity (Wildman–Crippen MR) is 77.0 cm³/mol. The number of rotatable bonds is 6. The van der Waals surface area contributed by atoms with E-state index < -0.39 is 11.2 Å². The van der Waals surface area contributed by atoms with Gasteiger partial charge in [0.25, 0.3) is 0 Å². The Balaban J connectivity index is 2.61. The molecule has 1 aromatic rings. The van der Waals surface area contributed by atoms with Gasteiger partial charge in [-0.05, 0) is 31.2 Å². The first-order valence-electron chi connectivity index (χ1n) is 6.90. The zero-order chi connectivity index (χ0) is 15.4. The van der Waals surface area contributed by atoms with Crippen LogP contribution in [0.3, 0.4) is 0 Å². The predicted octanol–water partition coefficient (Wildman–Crippen LogP) is 4.51. The second kappa shape index (κ2) is 6.89. The van der Waals surface area contributed by atoms with Crippen LogP contribution >= 0.6 is 11.3 Å². The monoisotopic (exact) mass is 308 g/mol. The number of aromatic nitrogens is 1. The Kier molecular flexibility index (Phi) is 6.01. The Hall–Kier alpha value is -0.620. The first kappa shape index (κ1) is 17.4. The number of hydrogen-bond acceptors (Lipinski definition) is 3. The number of thiazole rings is 1. The van der Waals surface area contributed by atoms with Crippen LogP contribution in [0.2, 0.25) is 0 Å². The Morgan fingerprint density at radius 3 is 2.40 bits per heavy atom. The molecule has 1 atom stereocenters. The third-order valence-corrected chi connectivity index (χ3v) is 4.26. The molecule has 1 aromatic heterocycles. The molecule has 1 N–H and O–H groups in total. The number of hydrogen-bond donors (Lipinski definition) is 1. The highest BCUT2D eigenvalue weighted by Gasteiger charge is 2.34. The molecule has 0 spiro atoms. The number of alkyl halides is 3. The van der Waals surface area contributed by atoms with E-state index in [9.17, 15) is 13.2 Å². The van der Waals surface area contributed by atoms with Gasteiger partial charge in [-0.2, -0.15) is 13.2 Å². The van der Waals surface area contributed by atoms with Gasteiger partial charge in [-0.1, -0.05) is 27.7 Å². The molecule has 0 amide bonds. The molecule has 0 aliphatic rings. The van der Waals surface area contributed by atoms with Gasteiger partial charge in [-0.15, -0.1) is 11.3 Å². The first-order chi connectivity index (χ1) is 9.14. The van der Waals surface area contributed by atoms with E-state index in [1.165, 1.54) is 6.20 Å². The summed E-state index contributed by atoms with van der Waals surface area (Å²) >= 11 is 0.752. The van der Waals surface area contributed by atoms with Crippen molar-refractivity contribution in [3.8, 4) is 0 Å². The maximum absolute atomic E-state index is 12.5. The quantitative estimate of drug-likeness (QED) is 0.836. The summed E-state index contributed by atoms with van der Waals surface area (Å²) in [5.41, 5.74) is 0.0900. The smallest absolute Gasteiger partial charge is 0.313 e. The molecule has 0 bridgehead atoms. The van der Waals surface area contributed by atoms with E-state index in [1.54, 1.807) is 0 Å². The minimum atomic E-state index is -4.33. The van der Waals surface area contributed by atoms with Crippen LogP contribution in [0.15, 0.2) is 6.20 Å². The highest BCUT2D eigenvalue weighted by molar-refractivity contribution is 7.11. The topological polar surface area (TPSA) is 24.9 Å². The third kappa shape index (κ3) is 5.40. The summed E-state index contributed by atoms with van der Waals surface area (Å²) in [6, 6.07) is 0.291. The molecular formula is C14H23F3N2S. The highest BCUT2D eigenvalue weighted by Crippen LogP contribution is 2.33. The van der Waals surface area contributed by atoms with Crippen molar-refractivity contribution >= 4 is 11.3 Å². The van der Waals surface area contributed by atoms with E-state index in [4.69, 9.17) is 0 Å². The van der Waals surface area contributed by atoms with Crippen molar-refractivity contribution in [3.63, 3.8) is 0 Å². The fourth-order valence-corrected chi connectivity index (χ4v) is 2.80. The molecule has 116 valence electrons. The first-order valence-corrected chi connectivity index (χ1v) is 7.71. The molecule has 0 aliphatic heterocycles. The van der Waals surface area contributed by atoms with Gasteiger partial charge < -0.3 is 5.32 Å². The Bertz CT molecular complexity index is 407. The summed E-state index contributed by atoms with van der Waals surface area (Å²) in [6.07, 6.45) is -0.472. The normalized spacial score (nSPS) is 14.6. The second-order valence-corrected chi connectivity index (χ2v) is 7.16. The minimum absolute atomic E-state index is 0.0900. The fourth-order valence-electron chi connectivity index (χ4n) is 2.00. The lowest BCUT2D eigenvalue weighted by Gasteiger charge is -2.31. The van der Waals surface area contributed by atoms with Gasteiger partial charge in [0.2, 0.25) is 0 Å². The van der Waals surface area contributed by atoms with Crippen LogP contribution in [0.1, 0.15) is 50.4 Å². The summed E-state index contributed by atoms with van der Waals surface area (Å²) in [5.74, 6) is 0. The van der Waals surface area contributed by atoms with Crippen LogP contribution in [0.4, 0.5) is 13.2 Å². The van der Waals surface area contributed by atoms with Gasteiger partial charge in [-0.3, -0.25) is 0 Å². The van der Waals surface area contributed by atoms with Gasteiger partial charge >= 0.3 is 6.18 Å². The summed E-state index contributed by atoms with van der Waals surface area (Å²) < 4.78 is 37.5. The fraction of sp³-hybridized carbons (Fsp3) is 0.786.